The molecule has 0 spiro atoms. The number of hydrogen-bond donors (Lipinski definition) is 1. The van der Waals surface area contributed by atoms with Gasteiger partial charge in [-0.05, 0) is 48.9 Å². The van der Waals surface area contributed by atoms with Crippen molar-refractivity contribution < 1.29 is 9.90 Å². The lowest BCUT2D eigenvalue weighted by Gasteiger charge is -2.57. The van der Waals surface area contributed by atoms with Gasteiger partial charge in [-0.2, -0.15) is 0 Å². The number of aliphatic imine (C=N–C) groups is 1. The van der Waals surface area contributed by atoms with Gasteiger partial charge in [0, 0.05) is 24.2 Å². The molecule has 0 aromatic carbocycles. The molecule has 0 amide bonds. The molecule has 2 unspecified atom stereocenters. The topological polar surface area (TPSA) is 52.9 Å². The van der Waals surface area contributed by atoms with Gasteiger partial charge in [-0.15, -0.1) is 0 Å². The molecule has 1 saturated heterocycles. The van der Waals surface area contributed by atoms with Crippen LogP contribution in [0.4, 0.5) is 0 Å². The van der Waals surface area contributed by atoms with E-state index in [0.29, 0.717) is 24.4 Å². The highest BCUT2D eigenvalue weighted by molar-refractivity contribution is 5.88. The minimum absolute atomic E-state index is 0.0648. The number of hydrogen-bond acceptors (Lipinski definition) is 3. The van der Waals surface area contributed by atoms with Gasteiger partial charge in [0.2, 0.25) is 0 Å². The van der Waals surface area contributed by atoms with E-state index in [1.54, 1.807) is 0 Å². The fraction of sp³-hybridized carbons (Fsp3) is 0.619. The molecule has 4 rings (SSSR count). The van der Waals surface area contributed by atoms with Crippen LogP contribution in [0.25, 0.3) is 0 Å². The summed E-state index contributed by atoms with van der Waals surface area (Å²) in [5.74, 6) is -0.0572. The molecule has 4 atom stereocenters. The molecule has 2 aliphatic carbocycles. The zero-order valence-corrected chi connectivity index (χ0v) is 15.4. The first-order valence-corrected chi connectivity index (χ1v) is 9.63. The standard InChI is InChI=1S/C21H28N2O2/c1-4-15(5-2)21-8-6-7-17-19(21)13(11-22-17)10-18-16(21)9-14(20(24)25)12-23(18)3/h6-8,11,14-16,18H,4-5,9-10,12H2,1-3H3,(H,24,25)/t14?,16-,18+,21?/m0/s1. The van der Waals surface area contributed by atoms with Crippen LogP contribution in [0.1, 0.15) is 39.5 Å². The fourth-order valence-electron chi connectivity index (χ4n) is 6.06. The molecule has 4 heteroatoms. The lowest BCUT2D eigenvalue weighted by molar-refractivity contribution is -0.146. The monoisotopic (exact) mass is 340 g/mol. The van der Waals surface area contributed by atoms with E-state index < -0.39 is 5.97 Å². The van der Waals surface area contributed by atoms with Crippen LogP contribution in [0, 0.1) is 23.2 Å². The summed E-state index contributed by atoms with van der Waals surface area (Å²) in [7, 11) is 2.11. The number of carbonyl (C=O) groups is 1. The van der Waals surface area contributed by atoms with Gasteiger partial charge in [-0.3, -0.25) is 9.79 Å². The van der Waals surface area contributed by atoms with Gasteiger partial charge in [0.05, 0.1) is 11.6 Å². The first kappa shape index (κ1) is 16.8. The number of carboxylic acids is 1. The Balaban J connectivity index is 1.88. The van der Waals surface area contributed by atoms with E-state index in [1.807, 2.05) is 0 Å². The van der Waals surface area contributed by atoms with Crippen LogP contribution in [-0.4, -0.2) is 41.8 Å². The number of likely N-dealkylation sites (tertiary alicyclic amines) is 1. The number of nitrogens with zero attached hydrogens (tertiary/aromatic N) is 2. The molecule has 0 saturated carbocycles. The van der Waals surface area contributed by atoms with Gasteiger partial charge >= 0.3 is 5.97 Å². The van der Waals surface area contributed by atoms with Crippen molar-refractivity contribution in [3.05, 3.63) is 35.1 Å². The Morgan fingerprint density at radius 1 is 1.44 bits per heavy atom. The van der Waals surface area contributed by atoms with E-state index in [4.69, 9.17) is 4.99 Å². The van der Waals surface area contributed by atoms with Gasteiger partial charge in [0.1, 0.15) is 0 Å². The van der Waals surface area contributed by atoms with Gasteiger partial charge in [-0.1, -0.05) is 38.8 Å². The Morgan fingerprint density at radius 3 is 2.88 bits per heavy atom. The van der Waals surface area contributed by atoms with E-state index in [2.05, 4.69) is 50.2 Å². The molecule has 0 aromatic heterocycles. The van der Waals surface area contributed by atoms with E-state index in [-0.39, 0.29) is 11.3 Å². The highest BCUT2D eigenvalue weighted by Gasteiger charge is 2.57. The predicted octanol–water partition coefficient (Wildman–Crippen LogP) is 3.67. The van der Waals surface area contributed by atoms with Crippen molar-refractivity contribution in [2.75, 3.05) is 13.6 Å². The van der Waals surface area contributed by atoms with Crippen molar-refractivity contribution in [1.82, 2.24) is 4.90 Å². The van der Waals surface area contributed by atoms with Crippen LogP contribution in [0.2, 0.25) is 0 Å². The minimum atomic E-state index is -0.650. The second kappa shape index (κ2) is 5.94. The van der Waals surface area contributed by atoms with E-state index in [0.717, 1.165) is 31.4 Å². The summed E-state index contributed by atoms with van der Waals surface area (Å²) in [6.07, 6.45) is 12.7. The highest BCUT2D eigenvalue weighted by Crippen LogP contribution is 2.61. The third kappa shape index (κ3) is 2.23. The molecule has 25 heavy (non-hydrogen) atoms. The Hall–Kier alpha value is -1.68. The van der Waals surface area contributed by atoms with Crippen LogP contribution in [0.3, 0.4) is 0 Å². The van der Waals surface area contributed by atoms with Gasteiger partial charge in [-0.25, -0.2) is 0 Å². The van der Waals surface area contributed by atoms with Crippen molar-refractivity contribution in [3.8, 4) is 0 Å². The summed E-state index contributed by atoms with van der Waals surface area (Å²) in [6, 6.07) is 0.406. The molecule has 2 heterocycles. The first-order valence-electron chi connectivity index (χ1n) is 9.63. The van der Waals surface area contributed by atoms with Crippen molar-refractivity contribution in [1.29, 1.82) is 0 Å². The quantitative estimate of drug-likeness (QED) is 0.849. The van der Waals surface area contributed by atoms with Gasteiger partial charge in [0.15, 0.2) is 0 Å². The number of carboxylic acid groups (broad SMARTS) is 1. The summed E-state index contributed by atoms with van der Waals surface area (Å²) in [6.45, 7) is 5.20. The zero-order chi connectivity index (χ0) is 17.8. The second-order valence-electron chi connectivity index (χ2n) is 8.10. The number of aliphatic carboxylic acids is 1. The summed E-state index contributed by atoms with van der Waals surface area (Å²) in [5, 5.41) is 9.70. The lowest BCUT2D eigenvalue weighted by Crippen LogP contribution is -2.58. The van der Waals surface area contributed by atoms with Crippen molar-refractivity contribution in [3.63, 3.8) is 0 Å². The summed E-state index contributed by atoms with van der Waals surface area (Å²) in [5.41, 5.74) is 3.83. The highest BCUT2D eigenvalue weighted by atomic mass is 16.4. The summed E-state index contributed by atoms with van der Waals surface area (Å²) < 4.78 is 0. The zero-order valence-electron chi connectivity index (χ0n) is 15.4. The molecule has 2 aliphatic heterocycles. The molecule has 0 bridgehead atoms. The van der Waals surface area contributed by atoms with E-state index in [1.165, 1.54) is 11.1 Å². The number of fused-ring (bicyclic) bond motifs is 2. The van der Waals surface area contributed by atoms with Gasteiger partial charge in [0.25, 0.3) is 0 Å². The number of piperidine rings is 1. The molecule has 0 radical (unpaired) electrons. The molecular formula is C21H28N2O2. The molecule has 1 fully saturated rings. The van der Waals surface area contributed by atoms with Crippen LogP contribution < -0.4 is 0 Å². The van der Waals surface area contributed by atoms with Crippen molar-refractivity contribution in [2.24, 2.45) is 28.2 Å². The normalized spacial score (nSPS) is 36.5. The minimum Gasteiger partial charge on any atom is -0.481 e. The lowest BCUT2D eigenvalue weighted by atomic mass is 9.51. The van der Waals surface area contributed by atoms with Crippen LogP contribution >= 0.6 is 0 Å². The average molecular weight is 340 g/mol. The van der Waals surface area contributed by atoms with Crippen molar-refractivity contribution in [2.45, 2.75) is 45.6 Å². The maximum atomic E-state index is 11.8. The third-order valence-electron chi connectivity index (χ3n) is 7.13. The smallest absolute Gasteiger partial charge is 0.307 e. The Morgan fingerprint density at radius 2 is 2.20 bits per heavy atom. The molecule has 4 nitrogen and oxygen atoms in total. The van der Waals surface area contributed by atoms with E-state index in [9.17, 15) is 9.90 Å². The number of allylic oxidation sites excluding steroid dienone is 4. The summed E-state index contributed by atoms with van der Waals surface area (Å²) in [4.78, 5) is 18.8. The molecule has 1 N–H and O–H groups in total. The largest absolute Gasteiger partial charge is 0.481 e. The number of rotatable bonds is 4. The molecule has 4 aliphatic rings. The first-order chi connectivity index (χ1) is 12.0. The van der Waals surface area contributed by atoms with E-state index >= 15 is 0 Å². The third-order valence-corrected chi connectivity index (χ3v) is 7.13. The SMILES string of the molecule is CCC(CC)C12C=CC=C3N=CC(=C31)C[C@@H]1[C@@H]2CC(C(=O)O)CN1C. The second-order valence-corrected chi connectivity index (χ2v) is 8.10. The molecule has 0 aromatic rings. The van der Waals surface area contributed by atoms with Crippen LogP contribution in [0.15, 0.2) is 40.1 Å². The Labute approximate surface area is 150 Å². The van der Waals surface area contributed by atoms with Crippen LogP contribution in [-0.2, 0) is 4.79 Å². The Kier molecular flexibility index (Phi) is 3.99. The molecular weight excluding hydrogens is 312 g/mol. The maximum Gasteiger partial charge on any atom is 0.307 e. The predicted molar refractivity (Wildman–Crippen MR) is 99.5 cm³/mol. The summed E-state index contributed by atoms with van der Waals surface area (Å²) >= 11 is 0. The van der Waals surface area contributed by atoms with Crippen LogP contribution in [0.5, 0.6) is 0 Å². The Bertz CT molecular complexity index is 713. The van der Waals surface area contributed by atoms with Gasteiger partial charge < -0.3 is 10.0 Å². The average Bonchev–Trinajstić information content (AvgIpc) is 3.01. The maximum absolute atomic E-state index is 11.8. The van der Waals surface area contributed by atoms with Crippen molar-refractivity contribution >= 4 is 12.2 Å². The molecule has 134 valence electrons. The fourth-order valence-corrected chi connectivity index (χ4v) is 6.06.